The van der Waals surface area contributed by atoms with E-state index >= 15 is 0 Å². The van der Waals surface area contributed by atoms with Crippen molar-refractivity contribution in [2.24, 2.45) is 0 Å². The number of pyridine rings is 2. The van der Waals surface area contributed by atoms with Crippen LogP contribution in [0.25, 0.3) is 39.5 Å². The van der Waals surface area contributed by atoms with E-state index in [0.29, 0.717) is 17.3 Å². The van der Waals surface area contributed by atoms with Gasteiger partial charge in [0.05, 0.1) is 11.3 Å². The molecule has 6 heteroatoms. The molecule has 2 N–H and O–H groups in total. The van der Waals surface area contributed by atoms with Crippen molar-refractivity contribution in [1.29, 1.82) is 0 Å². The molecule has 5 rings (SSSR count). The highest BCUT2D eigenvalue weighted by Gasteiger charge is 2.19. The summed E-state index contributed by atoms with van der Waals surface area (Å²) in [6.45, 7) is 4.03. The van der Waals surface area contributed by atoms with E-state index in [2.05, 4.69) is 4.98 Å². The van der Waals surface area contributed by atoms with Gasteiger partial charge in [0.2, 0.25) is 0 Å². The molecule has 0 amide bonds. The third-order valence-corrected chi connectivity index (χ3v) is 5.31. The lowest BCUT2D eigenvalue weighted by molar-refractivity contribution is 0.628. The fourth-order valence-corrected chi connectivity index (χ4v) is 3.73. The number of halogens is 1. The Morgan fingerprint density at radius 2 is 1.65 bits per heavy atom. The molecule has 0 aliphatic rings. The molecule has 0 aliphatic heterocycles. The second-order valence-corrected chi connectivity index (χ2v) is 7.55. The van der Waals surface area contributed by atoms with Crippen molar-refractivity contribution in [2.45, 2.75) is 13.8 Å². The van der Waals surface area contributed by atoms with Crippen molar-refractivity contribution in [1.82, 2.24) is 19.5 Å². The summed E-state index contributed by atoms with van der Waals surface area (Å²) < 4.78 is 15.4. The number of benzene rings is 2. The van der Waals surface area contributed by atoms with Crippen LogP contribution in [0.4, 0.5) is 10.2 Å². The molecule has 3 aromatic heterocycles. The average molecular weight is 409 g/mol. The molecule has 0 bridgehead atoms. The molecule has 0 unspecified atom stereocenters. The highest BCUT2D eigenvalue weighted by atomic mass is 19.1. The van der Waals surface area contributed by atoms with Crippen LogP contribution >= 0.6 is 0 Å². The van der Waals surface area contributed by atoms with Crippen molar-refractivity contribution in [3.05, 3.63) is 89.9 Å². The van der Waals surface area contributed by atoms with Gasteiger partial charge in [-0.2, -0.15) is 0 Å². The topological polar surface area (TPSA) is 69.6 Å². The monoisotopic (exact) mass is 409 g/mol. The molecular weight excluding hydrogens is 389 g/mol. The number of aryl methyl sites for hydroxylation is 2. The number of rotatable bonds is 3. The van der Waals surface area contributed by atoms with Crippen LogP contribution < -0.4 is 5.73 Å². The quantitative estimate of drug-likeness (QED) is 0.428. The van der Waals surface area contributed by atoms with Gasteiger partial charge in [0.15, 0.2) is 11.5 Å². The minimum absolute atomic E-state index is 0.276. The minimum Gasteiger partial charge on any atom is -0.383 e. The van der Waals surface area contributed by atoms with Gasteiger partial charge in [-0.15, -0.1) is 0 Å². The first-order valence-electron chi connectivity index (χ1n) is 9.95. The van der Waals surface area contributed by atoms with Gasteiger partial charge in [0, 0.05) is 17.4 Å². The van der Waals surface area contributed by atoms with Crippen molar-refractivity contribution < 1.29 is 4.39 Å². The van der Waals surface area contributed by atoms with Crippen LogP contribution in [0, 0.1) is 19.7 Å². The van der Waals surface area contributed by atoms with Gasteiger partial charge in [-0.3, -0.25) is 4.57 Å². The smallest absolute Gasteiger partial charge is 0.165 e. The molecule has 5 aromatic rings. The maximum atomic E-state index is 13.5. The van der Waals surface area contributed by atoms with Crippen molar-refractivity contribution >= 4 is 17.0 Å². The molecule has 0 aliphatic carbocycles. The van der Waals surface area contributed by atoms with E-state index in [-0.39, 0.29) is 5.82 Å². The van der Waals surface area contributed by atoms with E-state index in [1.807, 2.05) is 60.9 Å². The number of hydrogen-bond acceptors (Lipinski definition) is 4. The number of aromatic nitrogens is 4. The highest BCUT2D eigenvalue weighted by molar-refractivity contribution is 5.85. The number of nitrogens with zero attached hydrogens (tertiary/aromatic N) is 4. The number of nitrogen functional groups attached to an aromatic ring is 1. The normalized spacial score (nSPS) is 11.2. The van der Waals surface area contributed by atoms with Gasteiger partial charge in [0.1, 0.15) is 17.2 Å². The SMILES string of the molecule is Cc1ccc(-n2c(-c3cccnc3N)nc3cc(C)c(-c4ccc(F)cc4)nc32)cc1. The fourth-order valence-electron chi connectivity index (χ4n) is 3.73. The van der Waals surface area contributed by atoms with Crippen LogP contribution in [-0.2, 0) is 0 Å². The lowest BCUT2D eigenvalue weighted by Gasteiger charge is -2.11. The second kappa shape index (κ2) is 7.32. The molecule has 5 nitrogen and oxygen atoms in total. The molecule has 0 saturated heterocycles. The summed E-state index contributed by atoms with van der Waals surface area (Å²) in [5, 5.41) is 0. The zero-order valence-corrected chi connectivity index (χ0v) is 17.2. The summed E-state index contributed by atoms with van der Waals surface area (Å²) in [4.78, 5) is 14.1. The van der Waals surface area contributed by atoms with Crippen molar-refractivity contribution in [2.75, 3.05) is 5.73 Å². The summed E-state index contributed by atoms with van der Waals surface area (Å²) in [7, 11) is 0. The van der Waals surface area contributed by atoms with Gasteiger partial charge in [0.25, 0.3) is 0 Å². The standard InChI is InChI=1S/C25H20FN5/c1-15-5-11-19(12-6-15)31-24(20-4-3-13-28-23(20)27)29-21-14-16(2)22(30-25(21)31)17-7-9-18(26)10-8-17/h3-14H,1-2H3,(H2,27,28). The summed E-state index contributed by atoms with van der Waals surface area (Å²) in [6.07, 6.45) is 1.66. The zero-order valence-electron chi connectivity index (χ0n) is 17.2. The van der Waals surface area contributed by atoms with Crippen LogP contribution in [-0.4, -0.2) is 19.5 Å². The van der Waals surface area contributed by atoms with Gasteiger partial charge in [-0.25, -0.2) is 19.3 Å². The van der Waals surface area contributed by atoms with Crippen molar-refractivity contribution in [3.8, 4) is 28.3 Å². The summed E-state index contributed by atoms with van der Waals surface area (Å²) >= 11 is 0. The number of anilines is 1. The van der Waals surface area contributed by atoms with E-state index in [4.69, 9.17) is 15.7 Å². The minimum atomic E-state index is -0.276. The number of nitrogens with two attached hydrogens (primary N) is 1. The molecular formula is C25H20FN5. The Kier molecular flexibility index (Phi) is 4.47. The predicted molar refractivity (Wildman–Crippen MR) is 121 cm³/mol. The first kappa shape index (κ1) is 18.9. The fraction of sp³-hybridized carbons (Fsp3) is 0.0800. The van der Waals surface area contributed by atoms with Gasteiger partial charge in [-0.05, 0) is 74.0 Å². The molecule has 3 heterocycles. The van der Waals surface area contributed by atoms with E-state index in [1.54, 1.807) is 18.3 Å². The zero-order chi connectivity index (χ0) is 21.5. The number of hydrogen-bond donors (Lipinski definition) is 1. The molecule has 0 radical (unpaired) electrons. The lowest BCUT2D eigenvalue weighted by atomic mass is 10.1. The van der Waals surface area contributed by atoms with Gasteiger partial charge < -0.3 is 5.73 Å². The maximum Gasteiger partial charge on any atom is 0.165 e. The summed E-state index contributed by atoms with van der Waals surface area (Å²) in [5.41, 5.74) is 13.1. The van der Waals surface area contributed by atoms with Gasteiger partial charge in [-0.1, -0.05) is 17.7 Å². The Labute approximate surface area is 179 Å². The van der Waals surface area contributed by atoms with E-state index < -0.39 is 0 Å². The van der Waals surface area contributed by atoms with Crippen LogP contribution in [0.15, 0.2) is 72.9 Å². The number of fused-ring (bicyclic) bond motifs is 1. The maximum absolute atomic E-state index is 13.5. The third-order valence-electron chi connectivity index (χ3n) is 5.31. The Hall–Kier alpha value is -4.06. The Morgan fingerprint density at radius 1 is 0.903 bits per heavy atom. The van der Waals surface area contributed by atoms with Crippen LogP contribution in [0.2, 0.25) is 0 Å². The average Bonchev–Trinajstić information content (AvgIpc) is 3.12. The first-order chi connectivity index (χ1) is 15.0. The molecule has 0 atom stereocenters. The second-order valence-electron chi connectivity index (χ2n) is 7.55. The highest BCUT2D eigenvalue weighted by Crippen LogP contribution is 2.33. The molecule has 0 spiro atoms. The predicted octanol–water partition coefficient (Wildman–Crippen LogP) is 5.49. The Morgan fingerprint density at radius 3 is 2.35 bits per heavy atom. The lowest BCUT2D eigenvalue weighted by Crippen LogP contribution is -2.02. The Balaban J connectivity index is 1.83. The first-order valence-corrected chi connectivity index (χ1v) is 9.95. The van der Waals surface area contributed by atoms with Crippen LogP contribution in [0.3, 0.4) is 0 Å². The Bertz CT molecular complexity index is 1400. The largest absolute Gasteiger partial charge is 0.383 e. The number of imidazole rings is 1. The van der Waals surface area contributed by atoms with Crippen LogP contribution in [0.5, 0.6) is 0 Å². The van der Waals surface area contributed by atoms with E-state index in [9.17, 15) is 4.39 Å². The molecule has 31 heavy (non-hydrogen) atoms. The van der Waals surface area contributed by atoms with Gasteiger partial charge >= 0.3 is 0 Å². The molecule has 0 fully saturated rings. The van der Waals surface area contributed by atoms with E-state index in [1.165, 1.54) is 12.1 Å². The molecule has 152 valence electrons. The third kappa shape index (κ3) is 3.32. The molecule has 0 saturated carbocycles. The van der Waals surface area contributed by atoms with E-state index in [0.717, 1.165) is 39.2 Å². The van der Waals surface area contributed by atoms with Crippen molar-refractivity contribution in [3.63, 3.8) is 0 Å². The van der Waals surface area contributed by atoms with Crippen LogP contribution in [0.1, 0.15) is 11.1 Å². The molecule has 2 aromatic carbocycles. The summed E-state index contributed by atoms with van der Waals surface area (Å²) in [6, 6.07) is 20.3. The summed E-state index contributed by atoms with van der Waals surface area (Å²) in [5.74, 6) is 0.802.